The average Bonchev–Trinajstić information content (AvgIpc) is 2.71. The van der Waals surface area contributed by atoms with E-state index in [1.807, 2.05) is 0 Å². The Bertz CT molecular complexity index is 554. The third-order valence-corrected chi connectivity index (χ3v) is 3.26. The van der Waals surface area contributed by atoms with Crippen LogP contribution >= 0.6 is 31.9 Å². The smallest absolute Gasteiger partial charge is 0.169 e. The Kier molecular flexibility index (Phi) is 3.65. The molecule has 0 amide bonds. The minimum Gasteiger partial charge on any atom is -0.451 e. The van der Waals surface area contributed by atoms with Crippen LogP contribution in [0.3, 0.4) is 0 Å². The maximum absolute atomic E-state index is 13.7. The fraction of sp³-hybridized carbons (Fsp3) is 0.0909. The minimum atomic E-state index is -1.49. The van der Waals surface area contributed by atoms with Gasteiger partial charge in [-0.2, -0.15) is 0 Å². The number of hydrogen-bond acceptors (Lipinski definition) is 2. The molecule has 0 saturated heterocycles. The van der Waals surface area contributed by atoms with Gasteiger partial charge in [0.15, 0.2) is 4.67 Å². The van der Waals surface area contributed by atoms with Crippen molar-refractivity contribution < 1.29 is 18.3 Å². The van der Waals surface area contributed by atoms with Gasteiger partial charge in [-0.15, -0.1) is 0 Å². The van der Waals surface area contributed by atoms with Crippen molar-refractivity contribution in [2.75, 3.05) is 0 Å². The van der Waals surface area contributed by atoms with Crippen molar-refractivity contribution in [3.8, 4) is 0 Å². The summed E-state index contributed by atoms with van der Waals surface area (Å²) in [6.07, 6.45) is -1.49. The zero-order chi connectivity index (χ0) is 12.6. The van der Waals surface area contributed by atoms with E-state index in [0.717, 1.165) is 6.07 Å². The normalized spacial score (nSPS) is 12.8. The Balaban J connectivity index is 2.50. The molecule has 0 spiro atoms. The first kappa shape index (κ1) is 12.7. The molecule has 1 aromatic carbocycles. The molecule has 2 aromatic rings. The predicted molar refractivity (Wildman–Crippen MR) is 64.5 cm³/mol. The first-order chi connectivity index (χ1) is 8.00. The zero-order valence-electron chi connectivity index (χ0n) is 8.25. The second-order valence-electron chi connectivity index (χ2n) is 3.30. The molecule has 17 heavy (non-hydrogen) atoms. The van der Waals surface area contributed by atoms with Crippen LogP contribution in [0.4, 0.5) is 8.78 Å². The molecule has 0 radical (unpaired) electrons. The SMILES string of the molecule is OC(c1ccc(Br)o1)c1c(F)ccc(Br)c1F. The number of aliphatic hydroxyl groups excluding tert-OH is 1. The van der Waals surface area contributed by atoms with Crippen LogP contribution in [0.15, 0.2) is 37.8 Å². The highest BCUT2D eigenvalue weighted by molar-refractivity contribution is 9.10. The molecule has 0 aliphatic carbocycles. The van der Waals surface area contributed by atoms with Gasteiger partial charge in [0.1, 0.15) is 23.5 Å². The third-order valence-electron chi connectivity index (χ3n) is 2.22. The lowest BCUT2D eigenvalue weighted by atomic mass is 10.1. The van der Waals surface area contributed by atoms with E-state index in [1.54, 1.807) is 0 Å². The number of benzene rings is 1. The molecule has 2 rings (SSSR count). The van der Waals surface area contributed by atoms with Gasteiger partial charge in [0, 0.05) is 0 Å². The van der Waals surface area contributed by atoms with E-state index in [0.29, 0.717) is 4.67 Å². The molecule has 6 heteroatoms. The molecule has 0 saturated carbocycles. The quantitative estimate of drug-likeness (QED) is 0.808. The highest BCUT2D eigenvalue weighted by Gasteiger charge is 2.23. The van der Waals surface area contributed by atoms with Crippen molar-refractivity contribution in [1.82, 2.24) is 0 Å². The van der Waals surface area contributed by atoms with Crippen molar-refractivity contribution in [3.05, 3.63) is 56.4 Å². The summed E-state index contributed by atoms with van der Waals surface area (Å²) in [7, 11) is 0. The van der Waals surface area contributed by atoms with Crippen LogP contribution in [0.2, 0.25) is 0 Å². The Morgan fingerprint density at radius 2 is 1.82 bits per heavy atom. The Morgan fingerprint density at radius 3 is 2.41 bits per heavy atom. The third kappa shape index (κ3) is 2.43. The number of halogens is 4. The number of furan rings is 1. The summed E-state index contributed by atoms with van der Waals surface area (Å²) < 4.78 is 32.7. The van der Waals surface area contributed by atoms with Gasteiger partial charge in [-0.3, -0.25) is 0 Å². The second kappa shape index (κ2) is 4.88. The molecular weight excluding hydrogens is 362 g/mol. The van der Waals surface area contributed by atoms with Crippen LogP contribution in [0, 0.1) is 11.6 Å². The van der Waals surface area contributed by atoms with Gasteiger partial charge in [-0.25, -0.2) is 8.78 Å². The molecule has 1 atom stereocenters. The topological polar surface area (TPSA) is 33.4 Å². The first-order valence-electron chi connectivity index (χ1n) is 4.57. The number of rotatable bonds is 2. The van der Waals surface area contributed by atoms with Crippen molar-refractivity contribution in [2.24, 2.45) is 0 Å². The highest BCUT2D eigenvalue weighted by atomic mass is 79.9. The van der Waals surface area contributed by atoms with Crippen molar-refractivity contribution in [3.63, 3.8) is 0 Å². The molecule has 1 N–H and O–H groups in total. The van der Waals surface area contributed by atoms with Gasteiger partial charge in [0.25, 0.3) is 0 Å². The summed E-state index contributed by atoms with van der Waals surface area (Å²) in [5, 5.41) is 9.88. The molecule has 1 aromatic heterocycles. The highest BCUT2D eigenvalue weighted by Crippen LogP contribution is 2.32. The molecular formula is C11H6Br2F2O2. The fourth-order valence-corrected chi connectivity index (χ4v) is 2.08. The molecule has 0 bridgehead atoms. The Morgan fingerprint density at radius 1 is 1.12 bits per heavy atom. The summed E-state index contributed by atoms with van der Waals surface area (Å²) in [5.74, 6) is -1.61. The van der Waals surface area contributed by atoms with Gasteiger partial charge < -0.3 is 9.52 Å². The average molecular weight is 368 g/mol. The van der Waals surface area contributed by atoms with E-state index in [1.165, 1.54) is 18.2 Å². The lowest BCUT2D eigenvalue weighted by Crippen LogP contribution is -2.05. The van der Waals surface area contributed by atoms with Crippen molar-refractivity contribution >= 4 is 31.9 Å². The minimum absolute atomic E-state index is 0.0628. The van der Waals surface area contributed by atoms with Crippen molar-refractivity contribution in [2.45, 2.75) is 6.10 Å². The standard InChI is InChI=1S/C11H6Br2F2O2/c12-5-1-2-6(14)9(10(5)15)11(16)7-3-4-8(13)17-7/h1-4,11,16H. The first-order valence-corrected chi connectivity index (χ1v) is 6.16. The van der Waals surface area contributed by atoms with Crippen LogP contribution in [-0.2, 0) is 0 Å². The van der Waals surface area contributed by atoms with E-state index >= 15 is 0 Å². The van der Waals surface area contributed by atoms with E-state index in [-0.39, 0.29) is 10.2 Å². The molecule has 0 aliphatic heterocycles. The van der Waals surface area contributed by atoms with Gasteiger partial charge in [0.05, 0.1) is 10.0 Å². The van der Waals surface area contributed by atoms with E-state index < -0.39 is 23.3 Å². The fourth-order valence-electron chi connectivity index (χ4n) is 1.41. The largest absolute Gasteiger partial charge is 0.451 e. The van der Waals surface area contributed by atoms with Gasteiger partial charge in [-0.05, 0) is 56.1 Å². The Labute approximate surface area is 113 Å². The summed E-state index contributed by atoms with van der Waals surface area (Å²) in [6.45, 7) is 0. The molecule has 2 nitrogen and oxygen atoms in total. The van der Waals surface area contributed by atoms with Crippen LogP contribution in [0.5, 0.6) is 0 Å². The van der Waals surface area contributed by atoms with Crippen LogP contribution in [0.1, 0.15) is 17.4 Å². The zero-order valence-corrected chi connectivity index (χ0v) is 11.4. The maximum Gasteiger partial charge on any atom is 0.169 e. The number of hydrogen-bond donors (Lipinski definition) is 1. The molecule has 1 heterocycles. The van der Waals surface area contributed by atoms with E-state index in [9.17, 15) is 13.9 Å². The summed E-state index contributed by atoms with van der Waals surface area (Å²) >= 11 is 5.98. The molecule has 0 aliphatic rings. The van der Waals surface area contributed by atoms with Crippen LogP contribution in [0.25, 0.3) is 0 Å². The van der Waals surface area contributed by atoms with E-state index in [4.69, 9.17) is 4.42 Å². The maximum atomic E-state index is 13.7. The summed E-state index contributed by atoms with van der Waals surface area (Å²) in [6, 6.07) is 5.28. The van der Waals surface area contributed by atoms with Crippen LogP contribution < -0.4 is 0 Å². The summed E-state index contributed by atoms with van der Waals surface area (Å²) in [4.78, 5) is 0. The molecule has 1 unspecified atom stereocenters. The molecule has 90 valence electrons. The van der Waals surface area contributed by atoms with Gasteiger partial charge >= 0.3 is 0 Å². The lowest BCUT2D eigenvalue weighted by molar-refractivity contribution is 0.178. The van der Waals surface area contributed by atoms with E-state index in [2.05, 4.69) is 31.9 Å². The number of aliphatic hydroxyl groups is 1. The Hall–Kier alpha value is -0.720. The van der Waals surface area contributed by atoms with Crippen molar-refractivity contribution in [1.29, 1.82) is 0 Å². The van der Waals surface area contributed by atoms with Gasteiger partial charge in [-0.1, -0.05) is 0 Å². The lowest BCUT2D eigenvalue weighted by Gasteiger charge is -2.11. The monoisotopic (exact) mass is 366 g/mol. The molecule has 0 fully saturated rings. The second-order valence-corrected chi connectivity index (χ2v) is 4.94. The van der Waals surface area contributed by atoms with Gasteiger partial charge in [0.2, 0.25) is 0 Å². The predicted octanol–water partition coefficient (Wildman–Crippen LogP) is 4.16. The van der Waals surface area contributed by atoms with Crippen LogP contribution in [-0.4, -0.2) is 5.11 Å². The summed E-state index contributed by atoms with van der Waals surface area (Å²) in [5.41, 5.74) is -0.443.